The van der Waals surface area contributed by atoms with Crippen molar-refractivity contribution in [1.29, 1.82) is 0 Å². The molecule has 2 fully saturated rings. The molecule has 0 aromatic heterocycles. The summed E-state index contributed by atoms with van der Waals surface area (Å²) in [5.74, 6) is 1.64. The molecule has 0 bridgehead atoms. The third-order valence-electron chi connectivity index (χ3n) is 4.50. The maximum Gasteiger partial charge on any atom is 0.161 e. The summed E-state index contributed by atoms with van der Waals surface area (Å²) < 4.78 is 5.47. The zero-order chi connectivity index (χ0) is 13.9. The molecule has 2 aliphatic heterocycles. The van der Waals surface area contributed by atoms with Crippen molar-refractivity contribution in [2.24, 2.45) is 5.92 Å². The van der Waals surface area contributed by atoms with E-state index in [1.807, 2.05) is 19.1 Å². The summed E-state index contributed by atoms with van der Waals surface area (Å²) in [5.41, 5.74) is 1.22. The summed E-state index contributed by atoms with van der Waals surface area (Å²) in [7, 11) is 0. The molecular formula is C16H24N2O2. The average molecular weight is 276 g/mol. The first-order chi connectivity index (χ1) is 9.78. The highest BCUT2D eigenvalue weighted by Gasteiger charge is 2.34. The molecule has 2 saturated heterocycles. The number of ether oxygens (including phenoxy) is 1. The van der Waals surface area contributed by atoms with Crippen molar-refractivity contribution in [1.82, 2.24) is 10.2 Å². The lowest BCUT2D eigenvalue weighted by Gasteiger charge is -2.37. The Kier molecular flexibility index (Phi) is 4.13. The fraction of sp³-hybridized carbons (Fsp3) is 0.625. The van der Waals surface area contributed by atoms with E-state index in [2.05, 4.69) is 10.2 Å². The van der Waals surface area contributed by atoms with Gasteiger partial charge in [-0.05, 0) is 56.5 Å². The zero-order valence-electron chi connectivity index (χ0n) is 12.1. The van der Waals surface area contributed by atoms with E-state index >= 15 is 0 Å². The predicted octanol–water partition coefficient (Wildman–Crippen LogP) is 1.97. The molecule has 4 heteroatoms. The molecule has 2 atom stereocenters. The van der Waals surface area contributed by atoms with Crippen molar-refractivity contribution in [3.8, 4) is 11.5 Å². The van der Waals surface area contributed by atoms with Gasteiger partial charge in [-0.3, -0.25) is 4.90 Å². The maximum atomic E-state index is 9.77. The topological polar surface area (TPSA) is 44.7 Å². The molecule has 4 nitrogen and oxygen atoms in total. The Morgan fingerprint density at radius 2 is 2.30 bits per heavy atom. The van der Waals surface area contributed by atoms with Crippen LogP contribution < -0.4 is 10.1 Å². The Hall–Kier alpha value is -1.26. The van der Waals surface area contributed by atoms with Gasteiger partial charge in [0, 0.05) is 19.1 Å². The zero-order valence-corrected chi connectivity index (χ0v) is 12.1. The summed E-state index contributed by atoms with van der Waals surface area (Å²) in [6.07, 6.45) is 2.65. The highest BCUT2D eigenvalue weighted by molar-refractivity contribution is 5.41. The average Bonchev–Trinajstić information content (AvgIpc) is 2.92. The van der Waals surface area contributed by atoms with Gasteiger partial charge in [0.1, 0.15) is 0 Å². The van der Waals surface area contributed by atoms with E-state index in [0.717, 1.165) is 19.0 Å². The number of nitrogens with one attached hydrogen (secondary N) is 1. The van der Waals surface area contributed by atoms with Crippen LogP contribution in [0.1, 0.15) is 25.3 Å². The van der Waals surface area contributed by atoms with E-state index in [4.69, 9.17) is 4.74 Å². The van der Waals surface area contributed by atoms with Crippen LogP contribution in [0.15, 0.2) is 18.2 Å². The van der Waals surface area contributed by atoms with Crippen molar-refractivity contribution < 1.29 is 9.84 Å². The molecule has 110 valence electrons. The molecule has 1 aromatic rings. The SMILES string of the molecule is CCOc1cc(CN2CCCC3CNCC32)ccc1O. The van der Waals surface area contributed by atoms with Crippen molar-refractivity contribution in [2.75, 3.05) is 26.2 Å². The molecule has 0 amide bonds. The second-order valence-corrected chi connectivity index (χ2v) is 5.83. The van der Waals surface area contributed by atoms with Crippen molar-refractivity contribution in [3.63, 3.8) is 0 Å². The Labute approximate surface area is 120 Å². The van der Waals surface area contributed by atoms with Crippen LogP contribution in [0.3, 0.4) is 0 Å². The number of hydrogen-bond donors (Lipinski definition) is 2. The number of benzene rings is 1. The van der Waals surface area contributed by atoms with Gasteiger partial charge in [0.15, 0.2) is 11.5 Å². The third kappa shape index (κ3) is 2.76. The van der Waals surface area contributed by atoms with Gasteiger partial charge in [-0.15, -0.1) is 0 Å². The molecule has 2 N–H and O–H groups in total. The van der Waals surface area contributed by atoms with Crippen LogP contribution in [0.2, 0.25) is 0 Å². The molecule has 0 aliphatic carbocycles. The number of phenols is 1. The molecule has 2 unspecified atom stereocenters. The molecule has 20 heavy (non-hydrogen) atoms. The minimum absolute atomic E-state index is 0.231. The summed E-state index contributed by atoms with van der Waals surface area (Å²) in [6, 6.07) is 6.40. The second-order valence-electron chi connectivity index (χ2n) is 5.83. The first-order valence-corrected chi connectivity index (χ1v) is 7.67. The number of rotatable bonds is 4. The molecule has 2 aliphatic rings. The van der Waals surface area contributed by atoms with Crippen molar-refractivity contribution in [3.05, 3.63) is 23.8 Å². The van der Waals surface area contributed by atoms with Crippen LogP contribution >= 0.6 is 0 Å². The third-order valence-corrected chi connectivity index (χ3v) is 4.50. The van der Waals surface area contributed by atoms with Gasteiger partial charge in [-0.25, -0.2) is 0 Å². The largest absolute Gasteiger partial charge is 0.504 e. The molecular weight excluding hydrogens is 252 g/mol. The summed E-state index contributed by atoms with van der Waals surface area (Å²) in [4.78, 5) is 2.58. The van der Waals surface area contributed by atoms with E-state index in [9.17, 15) is 5.11 Å². The lowest BCUT2D eigenvalue weighted by Crippen LogP contribution is -2.44. The van der Waals surface area contributed by atoms with Crippen LogP contribution in [0.4, 0.5) is 0 Å². The molecule has 2 heterocycles. The molecule has 0 saturated carbocycles. The smallest absolute Gasteiger partial charge is 0.161 e. The quantitative estimate of drug-likeness (QED) is 0.882. The number of likely N-dealkylation sites (tertiary alicyclic amines) is 1. The minimum atomic E-state index is 0.231. The van der Waals surface area contributed by atoms with Gasteiger partial charge in [0.05, 0.1) is 6.61 Å². The molecule has 0 spiro atoms. The van der Waals surface area contributed by atoms with E-state index in [0.29, 0.717) is 18.4 Å². The summed E-state index contributed by atoms with van der Waals surface area (Å²) in [6.45, 7) is 6.92. The van der Waals surface area contributed by atoms with E-state index in [-0.39, 0.29) is 5.75 Å². The van der Waals surface area contributed by atoms with Gasteiger partial charge in [0.2, 0.25) is 0 Å². The second kappa shape index (κ2) is 6.02. The van der Waals surface area contributed by atoms with Gasteiger partial charge in [0.25, 0.3) is 0 Å². The number of fused-ring (bicyclic) bond motifs is 1. The molecule has 0 radical (unpaired) electrons. The number of aromatic hydroxyl groups is 1. The number of phenolic OH excluding ortho intramolecular Hbond substituents is 1. The fourth-order valence-electron chi connectivity index (χ4n) is 3.52. The molecule has 3 rings (SSSR count). The summed E-state index contributed by atoms with van der Waals surface area (Å²) >= 11 is 0. The summed E-state index contributed by atoms with van der Waals surface area (Å²) in [5, 5.41) is 13.3. The molecule has 1 aromatic carbocycles. The minimum Gasteiger partial charge on any atom is -0.504 e. The first kappa shape index (κ1) is 13.7. The first-order valence-electron chi connectivity index (χ1n) is 7.67. The normalized spacial score (nSPS) is 26.4. The van der Waals surface area contributed by atoms with Crippen LogP contribution in [0, 0.1) is 5.92 Å². The van der Waals surface area contributed by atoms with E-state index < -0.39 is 0 Å². The van der Waals surface area contributed by atoms with Crippen LogP contribution in [0.25, 0.3) is 0 Å². The van der Waals surface area contributed by atoms with E-state index in [1.165, 1.54) is 31.5 Å². The highest BCUT2D eigenvalue weighted by Crippen LogP contribution is 2.30. The van der Waals surface area contributed by atoms with Gasteiger partial charge in [-0.1, -0.05) is 6.07 Å². The number of hydrogen-bond acceptors (Lipinski definition) is 4. The lowest BCUT2D eigenvalue weighted by molar-refractivity contribution is 0.117. The van der Waals surface area contributed by atoms with Gasteiger partial charge < -0.3 is 15.2 Å². The lowest BCUT2D eigenvalue weighted by atomic mass is 9.91. The van der Waals surface area contributed by atoms with Crippen LogP contribution in [0.5, 0.6) is 11.5 Å². The Balaban J connectivity index is 1.72. The Morgan fingerprint density at radius 3 is 3.15 bits per heavy atom. The Morgan fingerprint density at radius 1 is 1.40 bits per heavy atom. The van der Waals surface area contributed by atoms with Crippen LogP contribution in [-0.4, -0.2) is 42.3 Å². The maximum absolute atomic E-state index is 9.77. The number of piperidine rings is 1. The van der Waals surface area contributed by atoms with Crippen molar-refractivity contribution >= 4 is 0 Å². The highest BCUT2D eigenvalue weighted by atomic mass is 16.5. The van der Waals surface area contributed by atoms with Crippen LogP contribution in [-0.2, 0) is 6.54 Å². The standard InChI is InChI=1S/C16H24N2O2/c1-2-20-16-8-12(5-6-15(16)19)11-18-7-3-4-13-9-17-10-14(13)18/h5-6,8,13-14,17,19H,2-4,7,9-11H2,1H3. The Bertz CT molecular complexity index is 464. The van der Waals surface area contributed by atoms with E-state index in [1.54, 1.807) is 6.07 Å². The monoisotopic (exact) mass is 276 g/mol. The van der Waals surface area contributed by atoms with Gasteiger partial charge >= 0.3 is 0 Å². The fourth-order valence-corrected chi connectivity index (χ4v) is 3.52. The number of nitrogens with zero attached hydrogens (tertiary/aromatic N) is 1. The van der Waals surface area contributed by atoms with Gasteiger partial charge in [-0.2, -0.15) is 0 Å². The predicted molar refractivity (Wildman–Crippen MR) is 79.1 cm³/mol. The van der Waals surface area contributed by atoms with Crippen molar-refractivity contribution in [2.45, 2.75) is 32.4 Å².